The molecule has 3 heterocycles. The number of likely N-dealkylation sites (tertiary alicyclic amines) is 1. The van der Waals surface area contributed by atoms with Gasteiger partial charge in [-0.05, 0) is 56.3 Å². The first kappa shape index (κ1) is 31.3. The predicted octanol–water partition coefficient (Wildman–Crippen LogP) is 1.69. The highest BCUT2D eigenvalue weighted by Gasteiger charge is 2.48. The van der Waals surface area contributed by atoms with Crippen molar-refractivity contribution in [2.45, 2.75) is 57.4 Å². The van der Waals surface area contributed by atoms with Gasteiger partial charge in [0, 0.05) is 44.7 Å². The molecule has 41 heavy (non-hydrogen) atoms. The summed E-state index contributed by atoms with van der Waals surface area (Å²) in [6, 6.07) is 3.03. The van der Waals surface area contributed by atoms with E-state index in [4.69, 9.17) is 19.9 Å². The van der Waals surface area contributed by atoms with E-state index in [9.17, 15) is 23.1 Å². The zero-order valence-electron chi connectivity index (χ0n) is 24.1. The Bertz CT molecular complexity index is 1180. The number of aliphatic carboxylic acids is 1. The summed E-state index contributed by atoms with van der Waals surface area (Å²) in [5.74, 6) is -0.832. The Balaban J connectivity index is 1.62. The van der Waals surface area contributed by atoms with Crippen molar-refractivity contribution < 1.29 is 37.3 Å². The van der Waals surface area contributed by atoms with Gasteiger partial charge in [0.25, 0.3) is 0 Å². The van der Waals surface area contributed by atoms with Crippen molar-refractivity contribution in [1.82, 2.24) is 14.1 Å². The third-order valence-electron chi connectivity index (χ3n) is 8.37. The Labute approximate surface area is 242 Å². The Morgan fingerprint density at radius 3 is 2.63 bits per heavy atom. The molecule has 1 aromatic rings. The minimum absolute atomic E-state index is 0.0491. The van der Waals surface area contributed by atoms with Gasteiger partial charge in [-0.25, -0.2) is 12.7 Å². The number of carboxylic acid groups (broad SMARTS) is 1. The molecule has 0 aliphatic carbocycles. The molecule has 0 bridgehead atoms. The first-order valence-corrected chi connectivity index (χ1v) is 16.2. The molecule has 13 heteroatoms. The summed E-state index contributed by atoms with van der Waals surface area (Å²) < 4.78 is 43.1. The third-order valence-corrected chi connectivity index (χ3v) is 10.3. The molecule has 3 aliphatic heterocycles. The van der Waals surface area contributed by atoms with Crippen LogP contribution in [-0.4, -0.2) is 111 Å². The zero-order valence-corrected chi connectivity index (χ0v) is 24.9. The summed E-state index contributed by atoms with van der Waals surface area (Å²) in [6.45, 7) is 4.96. The lowest BCUT2D eigenvalue weighted by Gasteiger charge is -2.30. The maximum Gasteiger partial charge on any atom is 0.308 e. The van der Waals surface area contributed by atoms with Crippen LogP contribution in [0.25, 0.3) is 0 Å². The number of nitrogens with zero attached hydrogens (tertiary/aromatic N) is 3. The first-order valence-electron chi connectivity index (χ1n) is 14.6. The highest BCUT2D eigenvalue weighted by atomic mass is 32.2. The van der Waals surface area contributed by atoms with E-state index in [1.807, 2.05) is 9.80 Å². The minimum Gasteiger partial charge on any atom is -0.493 e. The molecule has 0 saturated carbocycles. The van der Waals surface area contributed by atoms with Gasteiger partial charge in [0.1, 0.15) is 0 Å². The van der Waals surface area contributed by atoms with E-state index in [2.05, 4.69) is 6.92 Å². The van der Waals surface area contributed by atoms with Gasteiger partial charge in [-0.3, -0.25) is 14.5 Å². The monoisotopic (exact) mass is 596 g/mol. The highest BCUT2D eigenvalue weighted by Crippen LogP contribution is 2.47. The average Bonchev–Trinajstić information content (AvgIpc) is 3.65. The molecule has 2 saturated heterocycles. The molecule has 1 unspecified atom stereocenters. The first-order chi connectivity index (χ1) is 19.7. The SMILES string of the molecule is CCCCN(CCCCN)C(=O)CN1C[C@H](c2cc(OC)c3c(c2)OCO3)C(C(=O)O)[C@@H]1CCN1CCCS1(=O)=O. The van der Waals surface area contributed by atoms with Gasteiger partial charge < -0.3 is 30.0 Å². The van der Waals surface area contributed by atoms with Crippen molar-refractivity contribution in [3.8, 4) is 17.2 Å². The van der Waals surface area contributed by atoms with E-state index in [0.717, 1.165) is 31.2 Å². The summed E-state index contributed by atoms with van der Waals surface area (Å²) in [5, 5.41) is 10.5. The maximum atomic E-state index is 13.6. The number of carboxylic acids is 1. The van der Waals surface area contributed by atoms with Gasteiger partial charge in [0.15, 0.2) is 11.5 Å². The number of benzene rings is 1. The summed E-state index contributed by atoms with van der Waals surface area (Å²) in [6.07, 6.45) is 4.33. The van der Waals surface area contributed by atoms with Crippen LogP contribution in [-0.2, 0) is 19.6 Å². The quantitative estimate of drug-likeness (QED) is 0.286. The lowest BCUT2D eigenvalue weighted by atomic mass is 9.84. The lowest BCUT2D eigenvalue weighted by Crippen LogP contribution is -2.45. The van der Waals surface area contributed by atoms with Crippen molar-refractivity contribution in [2.75, 3.05) is 65.5 Å². The summed E-state index contributed by atoms with van der Waals surface area (Å²) in [4.78, 5) is 30.3. The molecule has 4 rings (SSSR count). The van der Waals surface area contributed by atoms with Crippen molar-refractivity contribution in [3.63, 3.8) is 0 Å². The zero-order chi connectivity index (χ0) is 29.6. The molecular formula is C28H44N4O8S. The number of carbonyl (C=O) groups is 2. The summed E-state index contributed by atoms with van der Waals surface area (Å²) >= 11 is 0. The molecule has 230 valence electrons. The van der Waals surface area contributed by atoms with Crippen LogP contribution in [0, 0.1) is 5.92 Å². The highest BCUT2D eigenvalue weighted by molar-refractivity contribution is 7.89. The van der Waals surface area contributed by atoms with Crippen molar-refractivity contribution in [1.29, 1.82) is 0 Å². The number of amides is 1. The number of hydrogen-bond donors (Lipinski definition) is 2. The van der Waals surface area contributed by atoms with Crippen LogP contribution in [0.3, 0.4) is 0 Å². The summed E-state index contributed by atoms with van der Waals surface area (Å²) in [7, 11) is -1.82. The molecule has 0 aromatic heterocycles. The molecule has 1 aromatic carbocycles. The van der Waals surface area contributed by atoms with Crippen LogP contribution in [0.15, 0.2) is 12.1 Å². The normalized spacial score (nSPS) is 23.6. The van der Waals surface area contributed by atoms with E-state index in [1.54, 1.807) is 12.1 Å². The maximum absolute atomic E-state index is 13.6. The standard InChI is InChI=1S/C28H44N4O8S/c1-3-4-10-30(11-6-5-9-29)25(33)18-31-17-21(20-15-23(38-2)27-24(16-20)39-19-40-27)26(28(34)35)22(31)8-13-32-12-7-14-41(32,36)37/h15-16,21-22,26H,3-14,17-19,29H2,1-2H3,(H,34,35)/t21-,22+,26?/m1/s1. The van der Waals surface area contributed by atoms with E-state index in [-0.39, 0.29) is 31.5 Å². The van der Waals surface area contributed by atoms with Gasteiger partial charge in [0.2, 0.25) is 28.5 Å². The Morgan fingerprint density at radius 2 is 1.98 bits per heavy atom. The molecule has 3 atom stereocenters. The van der Waals surface area contributed by atoms with E-state index >= 15 is 0 Å². The second-order valence-electron chi connectivity index (χ2n) is 11.0. The van der Waals surface area contributed by atoms with Crippen molar-refractivity contribution in [3.05, 3.63) is 17.7 Å². The van der Waals surface area contributed by atoms with Gasteiger partial charge in [-0.2, -0.15) is 0 Å². The molecule has 12 nitrogen and oxygen atoms in total. The van der Waals surface area contributed by atoms with Crippen molar-refractivity contribution in [2.24, 2.45) is 11.7 Å². The number of nitrogens with two attached hydrogens (primary N) is 1. The smallest absolute Gasteiger partial charge is 0.308 e. The number of methoxy groups -OCH3 is 1. The van der Waals surface area contributed by atoms with Crippen LogP contribution < -0.4 is 19.9 Å². The topological polar surface area (TPSA) is 152 Å². The van der Waals surface area contributed by atoms with Crippen LogP contribution in [0.1, 0.15) is 56.9 Å². The van der Waals surface area contributed by atoms with Gasteiger partial charge in [-0.15, -0.1) is 0 Å². The second kappa shape index (κ2) is 14.0. The predicted molar refractivity (Wildman–Crippen MR) is 153 cm³/mol. The van der Waals surface area contributed by atoms with E-state index in [0.29, 0.717) is 62.8 Å². The van der Waals surface area contributed by atoms with Crippen LogP contribution in [0.2, 0.25) is 0 Å². The number of unbranched alkanes of at least 4 members (excludes halogenated alkanes) is 2. The largest absolute Gasteiger partial charge is 0.493 e. The third kappa shape index (κ3) is 7.25. The number of fused-ring (bicyclic) bond motifs is 1. The molecule has 0 radical (unpaired) electrons. The average molecular weight is 597 g/mol. The molecular weight excluding hydrogens is 552 g/mol. The van der Waals surface area contributed by atoms with Crippen LogP contribution in [0.4, 0.5) is 0 Å². The second-order valence-corrected chi connectivity index (χ2v) is 13.1. The molecule has 1 amide bonds. The van der Waals surface area contributed by atoms with Gasteiger partial charge >= 0.3 is 5.97 Å². The van der Waals surface area contributed by atoms with Crippen LogP contribution >= 0.6 is 0 Å². The van der Waals surface area contributed by atoms with E-state index in [1.165, 1.54) is 11.4 Å². The number of carbonyl (C=O) groups excluding carboxylic acids is 1. The molecule has 3 aliphatic rings. The minimum atomic E-state index is -3.34. The Kier molecular flexibility index (Phi) is 10.7. The Morgan fingerprint density at radius 1 is 1.20 bits per heavy atom. The van der Waals surface area contributed by atoms with Gasteiger partial charge in [-0.1, -0.05) is 13.3 Å². The fourth-order valence-electron chi connectivity index (χ4n) is 6.20. The number of ether oxygens (including phenoxy) is 3. The number of rotatable bonds is 15. The van der Waals surface area contributed by atoms with Crippen LogP contribution in [0.5, 0.6) is 17.2 Å². The fourth-order valence-corrected chi connectivity index (χ4v) is 7.75. The molecule has 2 fully saturated rings. The fraction of sp³-hybridized carbons (Fsp3) is 0.714. The number of sulfonamides is 1. The molecule has 3 N–H and O–H groups in total. The van der Waals surface area contributed by atoms with Crippen molar-refractivity contribution >= 4 is 21.9 Å². The Hall–Kier alpha value is -2.61. The van der Waals surface area contributed by atoms with Gasteiger partial charge in [0.05, 0.1) is 25.3 Å². The molecule has 0 spiro atoms. The summed E-state index contributed by atoms with van der Waals surface area (Å²) in [5.41, 5.74) is 6.39. The lowest BCUT2D eigenvalue weighted by molar-refractivity contribution is -0.143. The number of hydrogen-bond acceptors (Lipinski definition) is 9. The van der Waals surface area contributed by atoms with E-state index < -0.39 is 33.9 Å².